The minimum Gasteiger partial charge on any atom is -0.325 e. The van der Waals surface area contributed by atoms with Gasteiger partial charge in [-0.3, -0.25) is 4.79 Å². The fourth-order valence-electron chi connectivity index (χ4n) is 1.84. The fourth-order valence-corrected chi connectivity index (χ4v) is 1.84. The van der Waals surface area contributed by atoms with E-state index in [1.54, 1.807) is 12.1 Å². The Balaban J connectivity index is 2.09. The first kappa shape index (κ1) is 17.6. The van der Waals surface area contributed by atoms with Crippen molar-refractivity contribution in [2.75, 3.05) is 32.0 Å². The summed E-state index contributed by atoms with van der Waals surface area (Å²) in [5, 5.41) is 5.76. The summed E-state index contributed by atoms with van der Waals surface area (Å²) in [5.74, 6) is -0.505. The topological polar surface area (TPSA) is 44.4 Å². The van der Waals surface area contributed by atoms with Crippen LogP contribution in [0.2, 0.25) is 0 Å². The summed E-state index contributed by atoms with van der Waals surface area (Å²) in [6.07, 6.45) is 2.14. The van der Waals surface area contributed by atoms with Gasteiger partial charge in [0.05, 0.1) is 6.54 Å². The van der Waals surface area contributed by atoms with Gasteiger partial charge in [-0.25, -0.2) is 4.39 Å². The summed E-state index contributed by atoms with van der Waals surface area (Å²) >= 11 is 0. The summed E-state index contributed by atoms with van der Waals surface area (Å²) in [7, 11) is 2.12. The lowest BCUT2D eigenvalue weighted by atomic mass is 10.2. The van der Waals surface area contributed by atoms with Gasteiger partial charge < -0.3 is 15.5 Å². The third-order valence-electron chi connectivity index (χ3n) is 3.39. The Bertz CT molecular complexity index is 437. The Hall–Kier alpha value is -1.46. The standard InChI is InChI=1S/C16H26FN3O/c1-13(2)20(3)10-5-4-9-18-12-16(21)19-15-8-6-7-14(17)11-15/h6-8,11,13,18H,4-5,9-10,12H2,1-3H3,(H,19,21). The van der Waals surface area contributed by atoms with Gasteiger partial charge in [0.2, 0.25) is 5.91 Å². The lowest BCUT2D eigenvalue weighted by molar-refractivity contribution is -0.115. The maximum atomic E-state index is 13.0. The SMILES string of the molecule is CC(C)N(C)CCCCNCC(=O)Nc1cccc(F)c1. The molecule has 21 heavy (non-hydrogen) atoms. The van der Waals surface area contributed by atoms with E-state index in [4.69, 9.17) is 0 Å². The number of benzene rings is 1. The van der Waals surface area contributed by atoms with Crippen LogP contribution in [0.25, 0.3) is 0 Å². The lowest BCUT2D eigenvalue weighted by Crippen LogP contribution is -2.30. The molecular formula is C16H26FN3O. The first-order valence-electron chi connectivity index (χ1n) is 7.45. The molecule has 4 nitrogen and oxygen atoms in total. The number of hydrogen-bond donors (Lipinski definition) is 2. The first-order chi connectivity index (χ1) is 9.99. The van der Waals surface area contributed by atoms with E-state index in [0.29, 0.717) is 11.7 Å². The Morgan fingerprint density at radius 2 is 2.10 bits per heavy atom. The van der Waals surface area contributed by atoms with Gasteiger partial charge in [-0.2, -0.15) is 0 Å². The van der Waals surface area contributed by atoms with Crippen molar-refractivity contribution in [2.45, 2.75) is 32.7 Å². The number of carbonyl (C=O) groups is 1. The number of amides is 1. The molecule has 1 aromatic carbocycles. The van der Waals surface area contributed by atoms with E-state index >= 15 is 0 Å². The Kier molecular flexibility index (Phi) is 7.93. The largest absolute Gasteiger partial charge is 0.325 e. The first-order valence-corrected chi connectivity index (χ1v) is 7.45. The van der Waals surface area contributed by atoms with Gasteiger partial charge in [0.1, 0.15) is 5.82 Å². The highest BCUT2D eigenvalue weighted by molar-refractivity contribution is 5.92. The summed E-state index contributed by atoms with van der Waals surface area (Å²) in [5.41, 5.74) is 0.486. The van der Waals surface area contributed by atoms with Crippen LogP contribution >= 0.6 is 0 Å². The predicted octanol–water partition coefficient (Wildman–Crippen LogP) is 2.47. The van der Waals surface area contributed by atoms with Crippen LogP contribution in [0.1, 0.15) is 26.7 Å². The average Bonchev–Trinajstić information content (AvgIpc) is 2.42. The van der Waals surface area contributed by atoms with Crippen LogP contribution < -0.4 is 10.6 Å². The normalized spacial score (nSPS) is 11.1. The Morgan fingerprint density at radius 1 is 1.33 bits per heavy atom. The van der Waals surface area contributed by atoms with E-state index in [2.05, 4.69) is 36.4 Å². The van der Waals surface area contributed by atoms with Crippen LogP contribution in [0.5, 0.6) is 0 Å². The van der Waals surface area contributed by atoms with Crippen molar-refractivity contribution in [2.24, 2.45) is 0 Å². The molecule has 1 aromatic rings. The van der Waals surface area contributed by atoms with E-state index in [9.17, 15) is 9.18 Å². The number of nitrogens with one attached hydrogen (secondary N) is 2. The second-order valence-electron chi connectivity index (χ2n) is 5.52. The van der Waals surface area contributed by atoms with Crippen molar-refractivity contribution in [3.05, 3.63) is 30.1 Å². The van der Waals surface area contributed by atoms with Gasteiger partial charge in [-0.1, -0.05) is 6.07 Å². The molecular weight excluding hydrogens is 269 g/mol. The fraction of sp³-hybridized carbons (Fsp3) is 0.562. The van der Waals surface area contributed by atoms with Crippen LogP contribution in [-0.2, 0) is 4.79 Å². The molecule has 0 radical (unpaired) electrons. The van der Waals surface area contributed by atoms with Crippen molar-refractivity contribution in [3.63, 3.8) is 0 Å². The molecule has 0 aliphatic rings. The second kappa shape index (κ2) is 9.47. The highest BCUT2D eigenvalue weighted by atomic mass is 19.1. The van der Waals surface area contributed by atoms with Crippen molar-refractivity contribution < 1.29 is 9.18 Å². The molecule has 0 saturated carbocycles. The molecule has 0 unspecified atom stereocenters. The summed E-state index contributed by atoms with van der Waals surface area (Å²) < 4.78 is 13.0. The summed E-state index contributed by atoms with van der Waals surface area (Å²) in [6, 6.07) is 6.46. The smallest absolute Gasteiger partial charge is 0.238 e. The van der Waals surface area contributed by atoms with Gasteiger partial charge in [-0.05, 0) is 65.0 Å². The number of anilines is 1. The minimum absolute atomic E-state index is 0.153. The molecule has 0 fully saturated rings. The van der Waals surface area contributed by atoms with Crippen LogP contribution in [-0.4, -0.2) is 43.5 Å². The molecule has 0 atom stereocenters. The highest BCUT2D eigenvalue weighted by Gasteiger charge is 2.04. The van der Waals surface area contributed by atoms with E-state index in [1.165, 1.54) is 12.1 Å². The maximum absolute atomic E-state index is 13.0. The molecule has 0 spiro atoms. The Labute approximate surface area is 126 Å². The van der Waals surface area contributed by atoms with Crippen molar-refractivity contribution >= 4 is 11.6 Å². The monoisotopic (exact) mass is 295 g/mol. The number of unbranched alkanes of at least 4 members (excludes halogenated alkanes) is 1. The van der Waals surface area contributed by atoms with E-state index in [0.717, 1.165) is 25.9 Å². The van der Waals surface area contributed by atoms with Crippen LogP contribution in [0.15, 0.2) is 24.3 Å². The van der Waals surface area contributed by atoms with Crippen LogP contribution in [0.3, 0.4) is 0 Å². The van der Waals surface area contributed by atoms with Crippen molar-refractivity contribution in [3.8, 4) is 0 Å². The van der Waals surface area contributed by atoms with Gasteiger partial charge in [0.25, 0.3) is 0 Å². The van der Waals surface area contributed by atoms with E-state index < -0.39 is 0 Å². The molecule has 0 aromatic heterocycles. The third-order valence-corrected chi connectivity index (χ3v) is 3.39. The van der Waals surface area contributed by atoms with Crippen LogP contribution in [0.4, 0.5) is 10.1 Å². The zero-order valence-corrected chi connectivity index (χ0v) is 13.2. The molecule has 1 rings (SSSR count). The molecule has 5 heteroatoms. The van der Waals surface area contributed by atoms with Gasteiger partial charge in [0.15, 0.2) is 0 Å². The molecule has 0 heterocycles. The van der Waals surface area contributed by atoms with E-state index in [-0.39, 0.29) is 18.3 Å². The molecule has 1 amide bonds. The molecule has 0 saturated heterocycles. The number of rotatable bonds is 9. The van der Waals surface area contributed by atoms with Gasteiger partial charge in [0, 0.05) is 11.7 Å². The predicted molar refractivity (Wildman–Crippen MR) is 84.9 cm³/mol. The zero-order valence-electron chi connectivity index (χ0n) is 13.2. The molecule has 0 aliphatic carbocycles. The second-order valence-corrected chi connectivity index (χ2v) is 5.52. The van der Waals surface area contributed by atoms with Gasteiger partial charge in [-0.15, -0.1) is 0 Å². The summed E-state index contributed by atoms with van der Waals surface area (Å²) in [4.78, 5) is 14.0. The van der Waals surface area contributed by atoms with Crippen LogP contribution in [0, 0.1) is 5.82 Å². The van der Waals surface area contributed by atoms with E-state index in [1.807, 2.05) is 0 Å². The maximum Gasteiger partial charge on any atom is 0.238 e. The number of nitrogens with zero attached hydrogens (tertiary/aromatic N) is 1. The Morgan fingerprint density at radius 3 is 2.76 bits per heavy atom. The number of halogens is 1. The van der Waals surface area contributed by atoms with Crippen molar-refractivity contribution in [1.82, 2.24) is 10.2 Å². The van der Waals surface area contributed by atoms with Crippen molar-refractivity contribution in [1.29, 1.82) is 0 Å². The zero-order chi connectivity index (χ0) is 15.7. The molecule has 0 bridgehead atoms. The lowest BCUT2D eigenvalue weighted by Gasteiger charge is -2.20. The minimum atomic E-state index is -0.352. The molecule has 2 N–H and O–H groups in total. The molecule has 0 aliphatic heterocycles. The third kappa shape index (κ3) is 7.78. The molecule has 118 valence electrons. The average molecular weight is 295 g/mol. The quantitative estimate of drug-likeness (QED) is 0.688. The number of carbonyl (C=O) groups excluding carboxylic acids is 1. The highest BCUT2D eigenvalue weighted by Crippen LogP contribution is 2.08. The summed E-state index contributed by atoms with van der Waals surface area (Å²) in [6.45, 7) is 6.47. The number of hydrogen-bond acceptors (Lipinski definition) is 3. The van der Waals surface area contributed by atoms with Gasteiger partial charge >= 0.3 is 0 Å².